The molecular weight excluding hydrogens is 320 g/mol. The molecule has 25 heavy (non-hydrogen) atoms. The Morgan fingerprint density at radius 1 is 1.24 bits per heavy atom. The Kier molecular flexibility index (Phi) is 6.30. The van der Waals surface area contributed by atoms with Gasteiger partial charge in [-0.25, -0.2) is 4.68 Å². The van der Waals surface area contributed by atoms with E-state index in [4.69, 9.17) is 5.11 Å². The van der Waals surface area contributed by atoms with Crippen LogP contribution in [0.1, 0.15) is 31.2 Å². The Morgan fingerprint density at radius 2 is 1.92 bits per heavy atom. The van der Waals surface area contributed by atoms with Crippen LogP contribution in [0.2, 0.25) is 0 Å². The molecule has 0 aliphatic carbocycles. The number of benzene rings is 1. The van der Waals surface area contributed by atoms with E-state index in [1.807, 2.05) is 51.1 Å². The first-order valence-corrected chi connectivity index (χ1v) is 8.31. The third-order valence-electron chi connectivity index (χ3n) is 3.94. The van der Waals surface area contributed by atoms with Crippen molar-refractivity contribution in [2.24, 2.45) is 0 Å². The van der Waals surface area contributed by atoms with Gasteiger partial charge in [-0.2, -0.15) is 5.10 Å². The Labute approximate surface area is 147 Å². The Hall–Kier alpha value is -2.67. The second-order valence-electron chi connectivity index (χ2n) is 5.90. The van der Waals surface area contributed by atoms with Gasteiger partial charge in [0, 0.05) is 0 Å². The molecule has 0 saturated heterocycles. The molecule has 1 aromatic carbocycles. The highest BCUT2D eigenvalue weighted by Gasteiger charge is 2.19. The van der Waals surface area contributed by atoms with Crippen molar-refractivity contribution in [3.05, 3.63) is 41.7 Å². The summed E-state index contributed by atoms with van der Waals surface area (Å²) in [6.45, 7) is 5.55. The highest BCUT2D eigenvalue weighted by Crippen LogP contribution is 2.22. The molecule has 1 heterocycles. The molecule has 134 valence electrons. The first kappa shape index (κ1) is 18.7. The first-order chi connectivity index (χ1) is 11.9. The van der Waals surface area contributed by atoms with E-state index in [2.05, 4.69) is 15.7 Å². The molecule has 0 radical (unpaired) electrons. The van der Waals surface area contributed by atoms with Crippen molar-refractivity contribution in [1.82, 2.24) is 15.1 Å². The lowest BCUT2D eigenvalue weighted by Crippen LogP contribution is -2.41. The minimum Gasteiger partial charge on any atom is -0.480 e. The highest BCUT2D eigenvalue weighted by atomic mass is 16.4. The number of aryl methyl sites for hydroxylation is 1. The van der Waals surface area contributed by atoms with Gasteiger partial charge in [-0.05, 0) is 32.4 Å². The van der Waals surface area contributed by atoms with Gasteiger partial charge >= 0.3 is 5.97 Å². The third-order valence-corrected chi connectivity index (χ3v) is 3.94. The maximum absolute atomic E-state index is 12.2. The molecule has 1 unspecified atom stereocenters. The van der Waals surface area contributed by atoms with Gasteiger partial charge in [-0.3, -0.25) is 14.9 Å². The zero-order valence-electron chi connectivity index (χ0n) is 14.7. The van der Waals surface area contributed by atoms with Crippen molar-refractivity contribution in [2.45, 2.75) is 39.7 Å². The van der Waals surface area contributed by atoms with Gasteiger partial charge in [0.05, 0.1) is 29.3 Å². The SMILES string of the molecule is CCCC(NCC(=O)Nc1c(C)nn(-c2ccccc2)c1C)C(=O)O. The van der Waals surface area contributed by atoms with Crippen molar-refractivity contribution in [1.29, 1.82) is 0 Å². The normalized spacial score (nSPS) is 12.0. The summed E-state index contributed by atoms with van der Waals surface area (Å²) in [4.78, 5) is 23.3. The van der Waals surface area contributed by atoms with Crippen LogP contribution in [0, 0.1) is 13.8 Å². The number of nitrogens with one attached hydrogen (secondary N) is 2. The topological polar surface area (TPSA) is 96.3 Å². The molecule has 1 amide bonds. The van der Waals surface area contributed by atoms with Crippen LogP contribution in [0.15, 0.2) is 30.3 Å². The highest BCUT2D eigenvalue weighted by molar-refractivity contribution is 5.93. The van der Waals surface area contributed by atoms with Crippen LogP contribution >= 0.6 is 0 Å². The van der Waals surface area contributed by atoms with Gasteiger partial charge in [-0.1, -0.05) is 31.5 Å². The molecule has 0 aliphatic heterocycles. The minimum atomic E-state index is -0.945. The molecule has 2 aromatic rings. The molecule has 7 heteroatoms. The number of carbonyl (C=O) groups excluding carboxylic acids is 1. The summed E-state index contributed by atoms with van der Waals surface area (Å²) in [7, 11) is 0. The Balaban J connectivity index is 2.06. The standard InChI is InChI=1S/C18H24N4O3/c1-4-8-15(18(24)25)19-11-16(23)20-17-12(2)21-22(13(17)3)14-9-6-5-7-10-14/h5-7,9-10,15,19H,4,8,11H2,1-3H3,(H,20,23)(H,24,25). The van der Waals surface area contributed by atoms with Crippen molar-refractivity contribution >= 4 is 17.6 Å². The molecule has 3 N–H and O–H groups in total. The van der Waals surface area contributed by atoms with Crippen LogP contribution in [0.3, 0.4) is 0 Å². The number of aliphatic carboxylic acids is 1. The second kappa shape index (κ2) is 8.43. The monoisotopic (exact) mass is 344 g/mol. The Bertz CT molecular complexity index is 740. The minimum absolute atomic E-state index is 0.0631. The van der Waals surface area contributed by atoms with E-state index in [1.165, 1.54) is 0 Å². The number of para-hydroxylation sites is 1. The van der Waals surface area contributed by atoms with E-state index in [0.29, 0.717) is 17.8 Å². The molecule has 0 spiro atoms. The number of aromatic nitrogens is 2. The van der Waals surface area contributed by atoms with Gasteiger partial charge in [0.1, 0.15) is 6.04 Å². The van der Waals surface area contributed by atoms with Gasteiger partial charge in [0.2, 0.25) is 5.91 Å². The predicted octanol–water partition coefficient (Wildman–Crippen LogP) is 2.27. The summed E-state index contributed by atoms with van der Waals surface area (Å²) >= 11 is 0. The quantitative estimate of drug-likeness (QED) is 0.683. The molecule has 0 saturated carbocycles. The molecule has 7 nitrogen and oxygen atoms in total. The van der Waals surface area contributed by atoms with E-state index in [-0.39, 0.29) is 12.5 Å². The van der Waals surface area contributed by atoms with Crippen molar-refractivity contribution in [3.8, 4) is 5.69 Å². The summed E-state index contributed by atoms with van der Waals surface area (Å²) in [5.74, 6) is -1.24. The number of anilines is 1. The predicted molar refractivity (Wildman–Crippen MR) is 96.0 cm³/mol. The van der Waals surface area contributed by atoms with Crippen LogP contribution in [0.4, 0.5) is 5.69 Å². The lowest BCUT2D eigenvalue weighted by molar-refractivity contribution is -0.139. The number of nitrogens with zero attached hydrogens (tertiary/aromatic N) is 2. The Morgan fingerprint density at radius 3 is 2.52 bits per heavy atom. The summed E-state index contributed by atoms with van der Waals surface area (Å²) < 4.78 is 1.77. The van der Waals surface area contributed by atoms with Crippen molar-refractivity contribution < 1.29 is 14.7 Å². The van der Waals surface area contributed by atoms with E-state index < -0.39 is 12.0 Å². The van der Waals surface area contributed by atoms with Gasteiger partial charge in [-0.15, -0.1) is 0 Å². The fourth-order valence-corrected chi connectivity index (χ4v) is 2.65. The van der Waals surface area contributed by atoms with Crippen LogP contribution in [-0.2, 0) is 9.59 Å². The van der Waals surface area contributed by atoms with Crippen LogP contribution in [0.5, 0.6) is 0 Å². The fourth-order valence-electron chi connectivity index (χ4n) is 2.65. The van der Waals surface area contributed by atoms with Crippen LogP contribution < -0.4 is 10.6 Å². The molecular formula is C18H24N4O3. The lowest BCUT2D eigenvalue weighted by atomic mass is 10.1. The number of rotatable bonds is 8. The van der Waals surface area contributed by atoms with Gasteiger partial charge in [0.15, 0.2) is 0 Å². The number of carboxylic acid groups (broad SMARTS) is 1. The second-order valence-corrected chi connectivity index (χ2v) is 5.90. The largest absolute Gasteiger partial charge is 0.480 e. The third kappa shape index (κ3) is 4.67. The number of amides is 1. The average Bonchev–Trinajstić information content (AvgIpc) is 2.87. The molecule has 0 bridgehead atoms. The maximum atomic E-state index is 12.2. The maximum Gasteiger partial charge on any atom is 0.320 e. The van der Waals surface area contributed by atoms with E-state index in [1.54, 1.807) is 4.68 Å². The molecule has 1 atom stereocenters. The van der Waals surface area contributed by atoms with Gasteiger partial charge < -0.3 is 10.4 Å². The average molecular weight is 344 g/mol. The summed E-state index contributed by atoms with van der Waals surface area (Å²) in [6, 6.07) is 8.94. The number of carbonyl (C=O) groups is 2. The molecule has 0 aliphatic rings. The van der Waals surface area contributed by atoms with Crippen molar-refractivity contribution in [3.63, 3.8) is 0 Å². The molecule has 2 rings (SSSR count). The zero-order valence-corrected chi connectivity index (χ0v) is 14.7. The number of carboxylic acids is 1. The van der Waals surface area contributed by atoms with Crippen molar-refractivity contribution in [2.75, 3.05) is 11.9 Å². The summed E-state index contributed by atoms with van der Waals surface area (Å²) in [5.41, 5.74) is 3.09. The number of hydrogen-bond donors (Lipinski definition) is 3. The summed E-state index contributed by atoms with van der Waals surface area (Å²) in [6.07, 6.45) is 1.21. The van der Waals surface area contributed by atoms with Crippen LogP contribution in [-0.4, -0.2) is 39.4 Å². The summed E-state index contributed by atoms with van der Waals surface area (Å²) in [5, 5.41) is 19.2. The first-order valence-electron chi connectivity index (χ1n) is 8.31. The zero-order chi connectivity index (χ0) is 18.4. The van der Waals surface area contributed by atoms with E-state index in [0.717, 1.165) is 17.8 Å². The lowest BCUT2D eigenvalue weighted by Gasteiger charge is -2.13. The smallest absolute Gasteiger partial charge is 0.320 e. The molecule has 1 aromatic heterocycles. The van der Waals surface area contributed by atoms with Crippen LogP contribution in [0.25, 0.3) is 5.69 Å². The number of hydrogen-bond acceptors (Lipinski definition) is 4. The van der Waals surface area contributed by atoms with E-state index in [9.17, 15) is 9.59 Å². The fraction of sp³-hybridized carbons (Fsp3) is 0.389. The molecule has 0 fully saturated rings. The van der Waals surface area contributed by atoms with E-state index >= 15 is 0 Å². The van der Waals surface area contributed by atoms with Gasteiger partial charge in [0.25, 0.3) is 0 Å².